The van der Waals surface area contributed by atoms with E-state index in [0.717, 1.165) is 6.07 Å². The van der Waals surface area contributed by atoms with Gasteiger partial charge < -0.3 is 9.73 Å². The number of carbonyl (C=O) groups is 2. The van der Waals surface area contributed by atoms with Crippen LogP contribution < -0.4 is 10.9 Å². The van der Waals surface area contributed by atoms with E-state index in [4.69, 9.17) is 4.42 Å². The number of hydrogen-bond acceptors (Lipinski definition) is 6. The normalized spacial score (nSPS) is 14.0. The maximum absolute atomic E-state index is 11.9. The Kier molecular flexibility index (Phi) is 2.40. The first-order valence-corrected chi connectivity index (χ1v) is 5.55. The molecule has 8 nitrogen and oxygen atoms in total. The van der Waals surface area contributed by atoms with Crippen molar-refractivity contribution in [3.63, 3.8) is 0 Å². The van der Waals surface area contributed by atoms with Crippen LogP contribution in [0.2, 0.25) is 0 Å². The number of nitrogens with zero attached hydrogens (tertiary/aromatic N) is 1. The van der Waals surface area contributed by atoms with Crippen molar-refractivity contribution in [2.45, 2.75) is 6.42 Å². The standard InChI is InChI=1S/C12H6N2O6/c15-7-4-9(16)13-11-10(7)6-3-5(14(18)19)1-2-8(6)20-12(11)17/h1-3H,4H2,(H,13,16). The number of amides is 1. The topological polar surface area (TPSA) is 120 Å². The van der Waals surface area contributed by atoms with Crippen LogP contribution in [0.25, 0.3) is 11.0 Å². The third-order valence-corrected chi connectivity index (χ3v) is 2.96. The largest absolute Gasteiger partial charge is 0.421 e. The molecule has 1 N–H and O–H groups in total. The fourth-order valence-corrected chi connectivity index (χ4v) is 2.12. The minimum absolute atomic E-state index is 0.0421. The van der Waals surface area contributed by atoms with Crippen LogP contribution in [-0.2, 0) is 4.79 Å². The molecule has 1 amide bonds. The first-order chi connectivity index (χ1) is 9.47. The monoisotopic (exact) mass is 274 g/mol. The number of anilines is 1. The zero-order valence-electron chi connectivity index (χ0n) is 9.84. The molecule has 0 saturated carbocycles. The molecule has 0 unspecified atom stereocenters. The zero-order valence-corrected chi connectivity index (χ0v) is 9.84. The molecule has 0 atom stereocenters. The average molecular weight is 274 g/mol. The quantitative estimate of drug-likeness (QED) is 0.361. The lowest BCUT2D eigenvalue weighted by Crippen LogP contribution is -2.29. The van der Waals surface area contributed by atoms with Crippen molar-refractivity contribution in [3.05, 3.63) is 44.3 Å². The lowest BCUT2D eigenvalue weighted by Gasteiger charge is -2.15. The summed E-state index contributed by atoms with van der Waals surface area (Å²) in [4.78, 5) is 45.1. The van der Waals surface area contributed by atoms with Crippen LogP contribution in [0.4, 0.5) is 11.4 Å². The highest BCUT2D eigenvalue weighted by molar-refractivity contribution is 6.23. The van der Waals surface area contributed by atoms with E-state index in [2.05, 4.69) is 5.32 Å². The Morgan fingerprint density at radius 1 is 1.25 bits per heavy atom. The van der Waals surface area contributed by atoms with E-state index in [9.17, 15) is 24.5 Å². The molecule has 0 saturated heterocycles. The molecule has 0 aliphatic carbocycles. The van der Waals surface area contributed by atoms with Gasteiger partial charge in [0, 0.05) is 17.5 Å². The van der Waals surface area contributed by atoms with Crippen molar-refractivity contribution in [1.82, 2.24) is 0 Å². The first-order valence-electron chi connectivity index (χ1n) is 5.55. The molecule has 8 heteroatoms. The first kappa shape index (κ1) is 12.0. The van der Waals surface area contributed by atoms with E-state index < -0.39 is 28.7 Å². The predicted octanol–water partition coefficient (Wildman–Crippen LogP) is 1.23. The highest BCUT2D eigenvalue weighted by atomic mass is 16.6. The number of hydrogen-bond donors (Lipinski definition) is 1. The molecule has 20 heavy (non-hydrogen) atoms. The summed E-state index contributed by atoms with van der Waals surface area (Å²) in [5, 5.41) is 13.2. The Labute approximate surface area is 110 Å². The van der Waals surface area contributed by atoms with Gasteiger partial charge in [0.15, 0.2) is 5.78 Å². The summed E-state index contributed by atoms with van der Waals surface area (Å²) in [5.74, 6) is -1.18. The van der Waals surface area contributed by atoms with Gasteiger partial charge in [-0.3, -0.25) is 19.7 Å². The fraction of sp³-hybridized carbons (Fsp3) is 0.0833. The molecule has 3 rings (SSSR count). The van der Waals surface area contributed by atoms with Crippen LogP contribution in [0, 0.1) is 10.1 Å². The summed E-state index contributed by atoms with van der Waals surface area (Å²) in [6, 6.07) is 3.56. The summed E-state index contributed by atoms with van der Waals surface area (Å²) in [6.07, 6.45) is -0.408. The molecule has 2 heterocycles. The number of benzene rings is 1. The van der Waals surface area contributed by atoms with Crippen molar-refractivity contribution in [1.29, 1.82) is 0 Å². The molecule has 0 bridgehead atoms. The lowest BCUT2D eigenvalue weighted by molar-refractivity contribution is -0.384. The lowest BCUT2D eigenvalue weighted by atomic mass is 9.98. The van der Waals surface area contributed by atoms with E-state index in [0.29, 0.717) is 0 Å². The van der Waals surface area contributed by atoms with Gasteiger partial charge in [-0.25, -0.2) is 4.79 Å². The third kappa shape index (κ3) is 1.66. The Hall–Kier alpha value is -3.03. The molecule has 0 spiro atoms. The zero-order chi connectivity index (χ0) is 14.4. The van der Waals surface area contributed by atoms with Gasteiger partial charge >= 0.3 is 5.63 Å². The number of non-ortho nitro benzene ring substituents is 1. The number of Topliss-reactive ketones (excluding diaryl/α,β-unsaturated/α-hetero) is 1. The van der Waals surface area contributed by atoms with Crippen LogP contribution in [0.15, 0.2) is 27.4 Å². The molecule has 1 aliphatic heterocycles. The van der Waals surface area contributed by atoms with Gasteiger partial charge in [-0.15, -0.1) is 0 Å². The van der Waals surface area contributed by atoms with Crippen LogP contribution in [0.5, 0.6) is 0 Å². The molecule has 0 fully saturated rings. The van der Waals surface area contributed by atoms with E-state index in [1.807, 2.05) is 0 Å². The summed E-state index contributed by atoms with van der Waals surface area (Å²) in [7, 11) is 0. The van der Waals surface area contributed by atoms with Gasteiger partial charge in [0.05, 0.1) is 16.9 Å². The summed E-state index contributed by atoms with van der Waals surface area (Å²) >= 11 is 0. The van der Waals surface area contributed by atoms with E-state index in [1.165, 1.54) is 12.1 Å². The average Bonchev–Trinajstić information content (AvgIpc) is 2.38. The molecular weight excluding hydrogens is 268 g/mol. The number of nitro benzene ring substituents is 1. The summed E-state index contributed by atoms with van der Waals surface area (Å²) in [5.41, 5.74) is -1.34. The van der Waals surface area contributed by atoms with E-state index in [1.54, 1.807) is 0 Å². The Morgan fingerprint density at radius 3 is 2.70 bits per heavy atom. The van der Waals surface area contributed by atoms with Crippen LogP contribution >= 0.6 is 0 Å². The van der Waals surface area contributed by atoms with E-state index >= 15 is 0 Å². The fourth-order valence-electron chi connectivity index (χ4n) is 2.12. The second-order valence-corrected chi connectivity index (χ2v) is 4.23. The Morgan fingerprint density at radius 2 is 2.00 bits per heavy atom. The van der Waals surface area contributed by atoms with Gasteiger partial charge in [-0.1, -0.05) is 0 Å². The molecule has 2 aromatic rings. The molecule has 1 aliphatic rings. The predicted molar refractivity (Wildman–Crippen MR) is 66.7 cm³/mol. The van der Waals surface area contributed by atoms with Crippen molar-refractivity contribution >= 4 is 34.0 Å². The van der Waals surface area contributed by atoms with Gasteiger partial charge in [0.25, 0.3) is 5.69 Å². The molecule has 1 aromatic carbocycles. The van der Waals surface area contributed by atoms with Crippen LogP contribution in [0.3, 0.4) is 0 Å². The van der Waals surface area contributed by atoms with Crippen LogP contribution in [0.1, 0.15) is 16.8 Å². The minimum Gasteiger partial charge on any atom is -0.421 e. The summed E-state index contributed by atoms with van der Waals surface area (Å²) in [6.45, 7) is 0. The second-order valence-electron chi connectivity index (χ2n) is 4.23. The number of carbonyl (C=O) groups excluding carboxylic acids is 2. The molecule has 100 valence electrons. The van der Waals surface area contributed by atoms with E-state index in [-0.39, 0.29) is 27.9 Å². The van der Waals surface area contributed by atoms with Crippen molar-refractivity contribution in [2.24, 2.45) is 0 Å². The Balaban J connectivity index is 2.42. The van der Waals surface area contributed by atoms with Gasteiger partial charge in [0.1, 0.15) is 11.3 Å². The smallest absolute Gasteiger partial charge is 0.361 e. The molecule has 1 aromatic heterocycles. The Bertz CT molecular complexity index is 851. The number of nitrogens with one attached hydrogen (secondary N) is 1. The van der Waals surface area contributed by atoms with Gasteiger partial charge in [0.2, 0.25) is 5.91 Å². The van der Waals surface area contributed by atoms with Gasteiger partial charge in [-0.2, -0.15) is 0 Å². The maximum atomic E-state index is 11.9. The van der Waals surface area contributed by atoms with Crippen molar-refractivity contribution < 1.29 is 18.9 Å². The van der Waals surface area contributed by atoms with Crippen LogP contribution in [-0.4, -0.2) is 16.6 Å². The number of nitro groups is 1. The van der Waals surface area contributed by atoms with Gasteiger partial charge in [-0.05, 0) is 6.07 Å². The number of ketones is 1. The highest BCUT2D eigenvalue weighted by Crippen LogP contribution is 2.30. The highest BCUT2D eigenvalue weighted by Gasteiger charge is 2.29. The SMILES string of the molecule is O=C1CC(=O)c2c(c(=O)oc3ccc([N+](=O)[O-])cc23)N1. The molecular formula is C12H6N2O6. The number of fused-ring (bicyclic) bond motifs is 3. The van der Waals surface area contributed by atoms with Crippen molar-refractivity contribution in [3.8, 4) is 0 Å². The van der Waals surface area contributed by atoms with Crippen molar-refractivity contribution in [2.75, 3.05) is 5.32 Å². The molecule has 0 radical (unpaired) electrons. The third-order valence-electron chi connectivity index (χ3n) is 2.96. The second kappa shape index (κ2) is 3.98. The minimum atomic E-state index is -0.859. The number of rotatable bonds is 1. The summed E-state index contributed by atoms with van der Waals surface area (Å²) < 4.78 is 4.95. The maximum Gasteiger partial charge on any atom is 0.361 e.